The lowest BCUT2D eigenvalue weighted by Crippen LogP contribution is -2.56. The van der Waals surface area contributed by atoms with Crippen molar-refractivity contribution in [1.29, 1.82) is 0 Å². The van der Waals surface area contributed by atoms with Gasteiger partial charge in [-0.05, 0) is 13.3 Å². The summed E-state index contributed by atoms with van der Waals surface area (Å²) < 4.78 is 28.2. The molecule has 0 saturated carbocycles. The molecule has 1 saturated heterocycles. The summed E-state index contributed by atoms with van der Waals surface area (Å²) in [5, 5.41) is 0. The van der Waals surface area contributed by atoms with Crippen LogP contribution in [0.2, 0.25) is 0 Å². The summed E-state index contributed by atoms with van der Waals surface area (Å²) in [5.74, 6) is 0. The third kappa shape index (κ3) is 5.42. The van der Waals surface area contributed by atoms with E-state index in [1.165, 1.54) is 12.8 Å². The highest BCUT2D eigenvalue weighted by Gasteiger charge is 2.49. The Morgan fingerprint density at radius 2 is 1.75 bits per heavy atom. The molecular formula is C14H30O5Si. The van der Waals surface area contributed by atoms with Crippen LogP contribution in [-0.4, -0.2) is 54.7 Å². The molecule has 0 radical (unpaired) electrons. The van der Waals surface area contributed by atoms with Gasteiger partial charge in [0, 0.05) is 27.8 Å². The molecule has 5 nitrogen and oxygen atoms in total. The first-order chi connectivity index (χ1) is 9.61. The quantitative estimate of drug-likeness (QED) is 0.315. The van der Waals surface area contributed by atoms with Crippen LogP contribution >= 0.6 is 0 Å². The van der Waals surface area contributed by atoms with Gasteiger partial charge in [-0.3, -0.25) is 0 Å². The van der Waals surface area contributed by atoms with Gasteiger partial charge in [0.2, 0.25) is 0 Å². The van der Waals surface area contributed by atoms with Crippen molar-refractivity contribution >= 4 is 8.80 Å². The predicted molar refractivity (Wildman–Crippen MR) is 79.6 cm³/mol. The van der Waals surface area contributed by atoms with Crippen molar-refractivity contribution in [3.05, 3.63) is 0 Å². The van der Waals surface area contributed by atoms with Gasteiger partial charge in [-0.25, -0.2) is 0 Å². The van der Waals surface area contributed by atoms with Crippen LogP contribution in [0.15, 0.2) is 0 Å². The van der Waals surface area contributed by atoms with E-state index >= 15 is 0 Å². The number of rotatable bonds is 12. The van der Waals surface area contributed by atoms with Crippen molar-refractivity contribution in [2.24, 2.45) is 0 Å². The van der Waals surface area contributed by atoms with Crippen molar-refractivity contribution in [2.75, 3.05) is 27.9 Å². The van der Waals surface area contributed by atoms with Crippen LogP contribution in [0.3, 0.4) is 0 Å². The van der Waals surface area contributed by atoms with E-state index in [-0.39, 0.29) is 11.8 Å². The highest BCUT2D eigenvalue weighted by Crippen LogP contribution is 2.25. The first-order valence-corrected chi connectivity index (χ1v) is 9.34. The first-order valence-electron chi connectivity index (χ1n) is 7.54. The lowest BCUT2D eigenvalue weighted by molar-refractivity contribution is -0.0300. The molecule has 1 rings (SSSR count). The number of ether oxygens (including phenoxy) is 2. The maximum Gasteiger partial charge on any atom is 0.530 e. The van der Waals surface area contributed by atoms with Gasteiger partial charge in [0.1, 0.15) is 5.73 Å². The van der Waals surface area contributed by atoms with Gasteiger partial charge in [-0.15, -0.1) is 0 Å². The molecule has 20 heavy (non-hydrogen) atoms. The van der Waals surface area contributed by atoms with Crippen LogP contribution in [0, 0.1) is 0 Å². The summed E-state index contributed by atoms with van der Waals surface area (Å²) >= 11 is 0. The molecule has 0 amide bonds. The monoisotopic (exact) mass is 306 g/mol. The van der Waals surface area contributed by atoms with E-state index in [9.17, 15) is 0 Å². The predicted octanol–water partition coefficient (Wildman–Crippen LogP) is 2.55. The first kappa shape index (κ1) is 18.1. The Morgan fingerprint density at radius 3 is 2.20 bits per heavy atom. The molecule has 1 aliphatic heterocycles. The van der Waals surface area contributed by atoms with E-state index in [1.807, 2.05) is 0 Å². The molecule has 1 aliphatic rings. The van der Waals surface area contributed by atoms with Crippen LogP contribution in [0.1, 0.15) is 46.0 Å². The Morgan fingerprint density at radius 1 is 1.15 bits per heavy atom. The third-order valence-corrected chi connectivity index (χ3v) is 6.63. The van der Waals surface area contributed by atoms with Gasteiger partial charge in [-0.2, -0.15) is 0 Å². The lowest BCUT2D eigenvalue weighted by atomic mass is 10.2. The van der Waals surface area contributed by atoms with Crippen LogP contribution in [0.25, 0.3) is 0 Å². The second-order valence-electron chi connectivity index (χ2n) is 5.34. The fraction of sp³-hybridized carbons (Fsp3) is 1.00. The van der Waals surface area contributed by atoms with Crippen LogP contribution in [-0.2, 0) is 22.8 Å². The lowest BCUT2D eigenvalue weighted by Gasteiger charge is -2.34. The molecule has 1 heterocycles. The van der Waals surface area contributed by atoms with Gasteiger partial charge in [0.05, 0.1) is 18.8 Å². The molecule has 6 heteroatoms. The second-order valence-corrected chi connectivity index (χ2v) is 8.41. The van der Waals surface area contributed by atoms with E-state index in [4.69, 9.17) is 22.8 Å². The summed E-state index contributed by atoms with van der Waals surface area (Å²) in [6.07, 6.45) is 5.78. The Kier molecular flexibility index (Phi) is 8.24. The maximum absolute atomic E-state index is 6.19. The molecule has 0 bridgehead atoms. The Hall–Kier alpha value is 0.0169. The summed E-state index contributed by atoms with van der Waals surface area (Å²) in [4.78, 5) is 0. The molecule has 3 unspecified atom stereocenters. The van der Waals surface area contributed by atoms with Gasteiger partial charge >= 0.3 is 8.80 Å². The molecule has 0 aromatic carbocycles. The van der Waals surface area contributed by atoms with Crippen LogP contribution in [0.5, 0.6) is 0 Å². The largest absolute Gasteiger partial charge is 0.530 e. The normalized spacial score (nSPS) is 21.8. The van der Waals surface area contributed by atoms with Gasteiger partial charge in [0.15, 0.2) is 0 Å². The summed E-state index contributed by atoms with van der Waals surface area (Å²) in [5.41, 5.74) is -0.109. The summed E-state index contributed by atoms with van der Waals surface area (Å²) in [6, 6.07) is 0. The molecule has 0 spiro atoms. The van der Waals surface area contributed by atoms with E-state index in [2.05, 4.69) is 13.8 Å². The second kappa shape index (κ2) is 9.12. The highest BCUT2D eigenvalue weighted by molar-refractivity contribution is 6.62. The van der Waals surface area contributed by atoms with E-state index in [1.54, 1.807) is 21.3 Å². The highest BCUT2D eigenvalue weighted by atomic mass is 28.4. The summed E-state index contributed by atoms with van der Waals surface area (Å²) in [6.45, 7) is 5.13. The van der Waals surface area contributed by atoms with Crippen molar-refractivity contribution < 1.29 is 22.8 Å². The number of unbranched alkanes of at least 4 members (excludes halogenated alkanes) is 2. The molecule has 120 valence electrons. The van der Waals surface area contributed by atoms with Crippen molar-refractivity contribution in [2.45, 2.75) is 63.9 Å². The molecule has 1 fully saturated rings. The van der Waals surface area contributed by atoms with Gasteiger partial charge in [0.25, 0.3) is 0 Å². The average molecular weight is 306 g/mol. The Labute approximate surface area is 124 Å². The molecule has 3 atom stereocenters. The fourth-order valence-corrected chi connectivity index (χ4v) is 4.71. The number of hydrogen-bond acceptors (Lipinski definition) is 5. The number of epoxide rings is 1. The van der Waals surface area contributed by atoms with Crippen molar-refractivity contribution in [1.82, 2.24) is 0 Å². The molecule has 0 aromatic heterocycles. The minimum Gasteiger partial charge on any atom is -0.375 e. The average Bonchev–Trinajstić information content (AvgIpc) is 3.25. The Bertz CT molecular complexity index is 248. The molecular weight excluding hydrogens is 276 g/mol. The van der Waals surface area contributed by atoms with Crippen molar-refractivity contribution in [3.63, 3.8) is 0 Å². The fourth-order valence-electron chi connectivity index (χ4n) is 2.46. The van der Waals surface area contributed by atoms with Crippen LogP contribution < -0.4 is 0 Å². The van der Waals surface area contributed by atoms with Gasteiger partial charge < -0.3 is 22.8 Å². The Balaban J connectivity index is 2.60. The number of hydrogen-bond donors (Lipinski definition) is 0. The van der Waals surface area contributed by atoms with E-state index in [0.29, 0.717) is 6.10 Å². The van der Waals surface area contributed by atoms with E-state index in [0.717, 1.165) is 25.9 Å². The summed E-state index contributed by atoms with van der Waals surface area (Å²) in [7, 11) is 2.18. The molecule has 0 aromatic rings. The smallest absolute Gasteiger partial charge is 0.375 e. The maximum atomic E-state index is 6.19. The standard InChI is InChI=1S/C14H30O5Si/c1-6-7-8-9-14(20(15-3,16-4)17-5)19-12(2)10-13-11-18-13/h12-14H,6-11H2,1-5H3. The van der Waals surface area contributed by atoms with Crippen molar-refractivity contribution in [3.8, 4) is 0 Å². The zero-order valence-electron chi connectivity index (χ0n) is 13.5. The van der Waals surface area contributed by atoms with Crippen LogP contribution in [0.4, 0.5) is 0 Å². The molecule has 0 aliphatic carbocycles. The zero-order valence-corrected chi connectivity index (χ0v) is 14.5. The van der Waals surface area contributed by atoms with E-state index < -0.39 is 8.80 Å². The molecule has 0 N–H and O–H groups in total. The SMILES string of the molecule is CCCCCC(OC(C)CC1CO1)[Si](OC)(OC)OC. The third-order valence-electron chi connectivity index (χ3n) is 3.71. The minimum atomic E-state index is -2.75. The topological polar surface area (TPSA) is 49.5 Å². The minimum absolute atomic E-state index is 0.109. The zero-order chi connectivity index (χ0) is 15.0. The van der Waals surface area contributed by atoms with Gasteiger partial charge in [-0.1, -0.05) is 26.2 Å².